The Balaban J connectivity index is 2.04. The molecule has 0 bridgehead atoms. The van der Waals surface area contributed by atoms with Crippen molar-refractivity contribution in [2.24, 2.45) is 7.05 Å². The van der Waals surface area contributed by atoms with Gasteiger partial charge in [0.2, 0.25) is 0 Å². The number of aromatic nitrogens is 2. The second-order valence-electron chi connectivity index (χ2n) is 4.44. The summed E-state index contributed by atoms with van der Waals surface area (Å²) in [5.74, 6) is -0.740. The first-order chi connectivity index (χ1) is 9.50. The third kappa shape index (κ3) is 2.69. The number of aryl methyl sites for hydroxylation is 2. The number of amides is 2. The van der Waals surface area contributed by atoms with E-state index in [4.69, 9.17) is 0 Å². The zero-order valence-corrected chi connectivity index (χ0v) is 11.6. The molecule has 0 aliphatic rings. The first-order valence-electron chi connectivity index (χ1n) is 6.16. The summed E-state index contributed by atoms with van der Waals surface area (Å²) >= 11 is 0. The van der Waals surface area contributed by atoms with E-state index < -0.39 is 0 Å². The van der Waals surface area contributed by atoms with Crippen LogP contribution in [0.15, 0.2) is 30.3 Å². The minimum atomic E-state index is -0.377. The molecule has 2 aromatic rings. The van der Waals surface area contributed by atoms with E-state index in [-0.39, 0.29) is 11.8 Å². The van der Waals surface area contributed by atoms with Gasteiger partial charge in [-0.05, 0) is 26.0 Å². The van der Waals surface area contributed by atoms with Crippen molar-refractivity contribution < 1.29 is 9.59 Å². The first kappa shape index (κ1) is 13.8. The summed E-state index contributed by atoms with van der Waals surface area (Å²) in [6.07, 6.45) is 0. The fourth-order valence-electron chi connectivity index (χ4n) is 1.94. The maximum Gasteiger partial charge on any atom is 0.273 e. The highest BCUT2D eigenvalue weighted by atomic mass is 16.2. The molecule has 20 heavy (non-hydrogen) atoms. The smallest absolute Gasteiger partial charge is 0.272 e. The second kappa shape index (κ2) is 5.56. The topological polar surface area (TPSA) is 76.0 Å². The molecule has 0 aliphatic heterocycles. The second-order valence-corrected chi connectivity index (χ2v) is 4.44. The molecule has 2 N–H and O–H groups in total. The molecule has 0 saturated heterocycles. The lowest BCUT2D eigenvalue weighted by Crippen LogP contribution is -2.42. The van der Waals surface area contributed by atoms with Gasteiger partial charge in [-0.25, -0.2) is 0 Å². The highest BCUT2D eigenvalue weighted by molar-refractivity contribution is 6.00. The number of hydrogen-bond donors (Lipinski definition) is 2. The largest absolute Gasteiger partial charge is 0.273 e. The van der Waals surface area contributed by atoms with Gasteiger partial charge in [0.1, 0.15) is 0 Å². The van der Waals surface area contributed by atoms with Gasteiger partial charge in [0.15, 0.2) is 0 Å². The van der Waals surface area contributed by atoms with Crippen LogP contribution in [0.2, 0.25) is 0 Å². The molecule has 2 amide bonds. The number of hydrazine groups is 1. The van der Waals surface area contributed by atoms with E-state index in [0.29, 0.717) is 16.8 Å². The Morgan fingerprint density at radius 1 is 1.05 bits per heavy atom. The van der Waals surface area contributed by atoms with Crippen molar-refractivity contribution in [3.63, 3.8) is 0 Å². The molecule has 1 aromatic heterocycles. The number of benzene rings is 1. The zero-order valence-electron chi connectivity index (χ0n) is 11.6. The molecule has 0 unspecified atom stereocenters. The van der Waals surface area contributed by atoms with Crippen LogP contribution in [0, 0.1) is 13.8 Å². The van der Waals surface area contributed by atoms with Crippen molar-refractivity contribution in [1.29, 1.82) is 0 Å². The Kier molecular flexibility index (Phi) is 3.84. The molecular formula is C14H16N4O2. The van der Waals surface area contributed by atoms with E-state index in [2.05, 4.69) is 16.0 Å². The fourth-order valence-corrected chi connectivity index (χ4v) is 1.94. The van der Waals surface area contributed by atoms with Crippen LogP contribution in [0.4, 0.5) is 0 Å². The number of nitrogens with one attached hydrogen (secondary N) is 2. The molecule has 6 heteroatoms. The van der Waals surface area contributed by atoms with Gasteiger partial charge >= 0.3 is 0 Å². The third-order valence-corrected chi connectivity index (χ3v) is 3.06. The van der Waals surface area contributed by atoms with Gasteiger partial charge < -0.3 is 0 Å². The molecular weight excluding hydrogens is 256 g/mol. The van der Waals surface area contributed by atoms with E-state index in [1.807, 2.05) is 6.07 Å². The van der Waals surface area contributed by atoms with Crippen LogP contribution in [-0.4, -0.2) is 21.6 Å². The van der Waals surface area contributed by atoms with Crippen LogP contribution in [0.5, 0.6) is 0 Å². The van der Waals surface area contributed by atoms with E-state index in [1.165, 1.54) is 0 Å². The third-order valence-electron chi connectivity index (χ3n) is 3.06. The molecule has 0 aliphatic carbocycles. The van der Waals surface area contributed by atoms with Crippen LogP contribution < -0.4 is 10.9 Å². The highest BCUT2D eigenvalue weighted by Gasteiger charge is 2.17. The van der Waals surface area contributed by atoms with Crippen molar-refractivity contribution >= 4 is 11.8 Å². The van der Waals surface area contributed by atoms with Gasteiger partial charge in [-0.3, -0.25) is 25.1 Å². The number of rotatable bonds is 2. The summed E-state index contributed by atoms with van der Waals surface area (Å²) < 4.78 is 1.63. The van der Waals surface area contributed by atoms with Gasteiger partial charge in [-0.15, -0.1) is 0 Å². The van der Waals surface area contributed by atoms with Crippen molar-refractivity contribution in [2.45, 2.75) is 13.8 Å². The maximum absolute atomic E-state index is 12.1. The molecule has 0 spiro atoms. The SMILES string of the molecule is Cc1nn(C)c(C)c1C(=O)NNC(=O)c1ccccc1. The molecule has 1 aromatic carbocycles. The number of carbonyl (C=O) groups excluding carboxylic acids is 2. The molecule has 104 valence electrons. The predicted octanol–water partition coefficient (Wildman–Crippen LogP) is 1.11. The molecule has 6 nitrogen and oxygen atoms in total. The van der Waals surface area contributed by atoms with E-state index in [0.717, 1.165) is 5.69 Å². The van der Waals surface area contributed by atoms with Crippen LogP contribution in [0.1, 0.15) is 32.1 Å². The normalized spacial score (nSPS) is 10.2. The monoisotopic (exact) mass is 272 g/mol. The van der Waals surface area contributed by atoms with Gasteiger partial charge in [-0.2, -0.15) is 5.10 Å². The van der Waals surface area contributed by atoms with Gasteiger partial charge in [0.05, 0.1) is 11.3 Å². The molecule has 1 heterocycles. The lowest BCUT2D eigenvalue weighted by molar-refractivity contribution is 0.0846. The van der Waals surface area contributed by atoms with Gasteiger partial charge in [0.25, 0.3) is 11.8 Å². The Morgan fingerprint density at radius 3 is 2.20 bits per heavy atom. The minimum Gasteiger partial charge on any atom is -0.272 e. The fraction of sp³-hybridized carbons (Fsp3) is 0.214. The van der Waals surface area contributed by atoms with E-state index in [1.54, 1.807) is 49.8 Å². The summed E-state index contributed by atoms with van der Waals surface area (Å²) in [5.41, 5.74) is 7.10. The van der Waals surface area contributed by atoms with Crippen molar-refractivity contribution in [1.82, 2.24) is 20.6 Å². The van der Waals surface area contributed by atoms with Crippen molar-refractivity contribution in [3.8, 4) is 0 Å². The Labute approximate surface area is 116 Å². The van der Waals surface area contributed by atoms with Crippen LogP contribution >= 0.6 is 0 Å². The molecule has 0 saturated carbocycles. The quantitative estimate of drug-likeness (QED) is 0.804. The molecule has 0 fully saturated rings. The Hall–Kier alpha value is -2.63. The van der Waals surface area contributed by atoms with Crippen LogP contribution in [-0.2, 0) is 7.05 Å². The molecule has 0 radical (unpaired) electrons. The van der Waals surface area contributed by atoms with Gasteiger partial charge in [-0.1, -0.05) is 18.2 Å². The summed E-state index contributed by atoms with van der Waals surface area (Å²) in [6, 6.07) is 8.67. The first-order valence-corrected chi connectivity index (χ1v) is 6.16. The summed E-state index contributed by atoms with van der Waals surface area (Å²) in [4.78, 5) is 23.9. The maximum atomic E-state index is 12.1. The summed E-state index contributed by atoms with van der Waals surface area (Å²) in [5, 5.41) is 4.16. The number of nitrogens with zero attached hydrogens (tertiary/aromatic N) is 2. The van der Waals surface area contributed by atoms with Gasteiger partial charge in [0, 0.05) is 18.3 Å². The lowest BCUT2D eigenvalue weighted by Gasteiger charge is -2.07. The van der Waals surface area contributed by atoms with Crippen molar-refractivity contribution in [3.05, 3.63) is 52.8 Å². The van der Waals surface area contributed by atoms with E-state index in [9.17, 15) is 9.59 Å². The van der Waals surface area contributed by atoms with E-state index >= 15 is 0 Å². The molecule has 0 atom stereocenters. The zero-order chi connectivity index (χ0) is 14.7. The number of carbonyl (C=O) groups is 2. The lowest BCUT2D eigenvalue weighted by atomic mass is 10.2. The molecule has 2 rings (SSSR count). The minimum absolute atomic E-state index is 0.363. The van der Waals surface area contributed by atoms with Crippen LogP contribution in [0.25, 0.3) is 0 Å². The Bertz CT molecular complexity index is 647. The van der Waals surface area contributed by atoms with Crippen LogP contribution in [0.3, 0.4) is 0 Å². The average Bonchev–Trinajstić information content (AvgIpc) is 2.70. The number of hydrogen-bond acceptors (Lipinski definition) is 3. The Morgan fingerprint density at radius 2 is 1.65 bits per heavy atom. The summed E-state index contributed by atoms with van der Waals surface area (Å²) in [6.45, 7) is 3.55. The predicted molar refractivity (Wildman–Crippen MR) is 74.1 cm³/mol. The summed E-state index contributed by atoms with van der Waals surface area (Å²) in [7, 11) is 1.77. The standard InChI is InChI=1S/C14H16N4O2/c1-9-12(10(2)18(3)17-9)14(20)16-15-13(19)11-7-5-4-6-8-11/h4-8H,1-3H3,(H,15,19)(H,16,20). The van der Waals surface area contributed by atoms with Crippen molar-refractivity contribution in [2.75, 3.05) is 0 Å². The highest BCUT2D eigenvalue weighted by Crippen LogP contribution is 2.11. The average molecular weight is 272 g/mol.